The van der Waals surface area contributed by atoms with Gasteiger partial charge in [-0.25, -0.2) is 0 Å². The Kier molecular flexibility index (Phi) is 6.11. The second-order valence-electron chi connectivity index (χ2n) is 3.98. The second-order valence-corrected chi connectivity index (χ2v) is 3.98. The Morgan fingerprint density at radius 3 is 2.95 bits per heavy atom. The Labute approximate surface area is 117 Å². The molecule has 0 unspecified atom stereocenters. The number of furan rings is 1. The van der Waals surface area contributed by atoms with E-state index in [-0.39, 0.29) is 24.9 Å². The van der Waals surface area contributed by atoms with Crippen LogP contribution in [0.4, 0.5) is 0 Å². The van der Waals surface area contributed by atoms with Crippen molar-refractivity contribution in [2.45, 2.75) is 13.1 Å². The SMILES string of the molecule is Cl.Cn1cc(CNCC(=O)NCc2ccco2)cn1. The lowest BCUT2D eigenvalue weighted by Crippen LogP contribution is -2.33. The van der Waals surface area contributed by atoms with E-state index in [4.69, 9.17) is 4.42 Å². The number of carbonyl (C=O) groups is 1. The van der Waals surface area contributed by atoms with Crippen LogP contribution in [0.1, 0.15) is 11.3 Å². The standard InChI is InChI=1S/C12H16N4O2.ClH/c1-16-9-10(6-15-16)5-13-8-12(17)14-7-11-3-2-4-18-11;/h2-4,6,9,13H,5,7-8H2,1H3,(H,14,17);1H. The zero-order valence-electron chi connectivity index (χ0n) is 10.6. The first-order chi connectivity index (χ1) is 8.74. The minimum atomic E-state index is -0.0599. The fourth-order valence-electron chi connectivity index (χ4n) is 1.54. The highest BCUT2D eigenvalue weighted by Gasteiger charge is 2.02. The van der Waals surface area contributed by atoms with Gasteiger partial charge in [-0.15, -0.1) is 12.4 Å². The molecule has 2 N–H and O–H groups in total. The van der Waals surface area contributed by atoms with Crippen LogP contribution in [0.3, 0.4) is 0 Å². The number of nitrogens with zero attached hydrogens (tertiary/aromatic N) is 2. The third-order valence-corrected chi connectivity index (χ3v) is 2.41. The van der Waals surface area contributed by atoms with Crippen molar-refractivity contribution in [1.29, 1.82) is 0 Å². The van der Waals surface area contributed by atoms with Crippen LogP contribution >= 0.6 is 12.4 Å². The molecule has 1 amide bonds. The number of aryl methyl sites for hydroxylation is 1. The van der Waals surface area contributed by atoms with Crippen molar-refractivity contribution in [3.63, 3.8) is 0 Å². The van der Waals surface area contributed by atoms with Crippen molar-refractivity contribution >= 4 is 18.3 Å². The molecule has 0 bridgehead atoms. The van der Waals surface area contributed by atoms with Crippen LogP contribution < -0.4 is 10.6 Å². The van der Waals surface area contributed by atoms with Gasteiger partial charge in [0.05, 0.1) is 25.5 Å². The van der Waals surface area contributed by atoms with E-state index in [0.29, 0.717) is 13.1 Å². The molecule has 0 aliphatic heterocycles. The van der Waals surface area contributed by atoms with Gasteiger partial charge in [0.2, 0.25) is 5.91 Å². The Bertz CT molecular complexity index is 496. The molecule has 2 aromatic heterocycles. The third kappa shape index (κ3) is 5.15. The molecule has 19 heavy (non-hydrogen) atoms. The summed E-state index contributed by atoms with van der Waals surface area (Å²) in [6.07, 6.45) is 5.27. The largest absolute Gasteiger partial charge is 0.467 e. The summed E-state index contributed by atoms with van der Waals surface area (Å²) < 4.78 is 6.84. The summed E-state index contributed by atoms with van der Waals surface area (Å²) in [7, 11) is 1.86. The van der Waals surface area contributed by atoms with Crippen molar-refractivity contribution in [3.05, 3.63) is 42.1 Å². The predicted molar refractivity (Wildman–Crippen MR) is 72.7 cm³/mol. The van der Waals surface area contributed by atoms with Crippen molar-refractivity contribution in [1.82, 2.24) is 20.4 Å². The first-order valence-electron chi connectivity index (χ1n) is 5.71. The van der Waals surface area contributed by atoms with Crippen LogP contribution in [0.5, 0.6) is 0 Å². The summed E-state index contributed by atoms with van der Waals surface area (Å²) in [5.41, 5.74) is 1.05. The summed E-state index contributed by atoms with van der Waals surface area (Å²) in [6.45, 7) is 1.32. The highest BCUT2D eigenvalue weighted by molar-refractivity contribution is 5.85. The maximum Gasteiger partial charge on any atom is 0.234 e. The molecule has 7 heteroatoms. The van der Waals surface area contributed by atoms with Crippen LogP contribution in [0.2, 0.25) is 0 Å². The van der Waals surface area contributed by atoms with Crippen molar-refractivity contribution < 1.29 is 9.21 Å². The molecule has 0 saturated heterocycles. The molecule has 104 valence electrons. The number of hydrogen-bond donors (Lipinski definition) is 2. The zero-order chi connectivity index (χ0) is 12.8. The summed E-state index contributed by atoms with van der Waals surface area (Å²) in [4.78, 5) is 11.5. The van der Waals surface area contributed by atoms with Crippen molar-refractivity contribution in [2.75, 3.05) is 6.54 Å². The number of halogens is 1. The van der Waals surface area contributed by atoms with Gasteiger partial charge in [0.1, 0.15) is 5.76 Å². The topological polar surface area (TPSA) is 72.1 Å². The monoisotopic (exact) mass is 284 g/mol. The molecule has 0 spiro atoms. The minimum Gasteiger partial charge on any atom is -0.467 e. The fraction of sp³-hybridized carbons (Fsp3) is 0.333. The molecule has 0 radical (unpaired) electrons. The summed E-state index contributed by atoms with van der Waals surface area (Å²) in [5, 5.41) is 9.86. The molecular weight excluding hydrogens is 268 g/mol. The van der Waals surface area contributed by atoms with E-state index in [2.05, 4.69) is 15.7 Å². The molecule has 6 nitrogen and oxygen atoms in total. The van der Waals surface area contributed by atoms with Crippen LogP contribution in [-0.2, 0) is 24.9 Å². The number of rotatable bonds is 6. The quantitative estimate of drug-likeness (QED) is 0.825. The predicted octanol–water partition coefficient (Wildman–Crippen LogP) is 0.841. The second kappa shape index (κ2) is 7.60. The molecule has 0 aromatic carbocycles. The van der Waals surface area contributed by atoms with E-state index in [1.807, 2.05) is 19.3 Å². The molecule has 0 fully saturated rings. The average Bonchev–Trinajstić information content (AvgIpc) is 2.98. The lowest BCUT2D eigenvalue weighted by molar-refractivity contribution is -0.120. The van der Waals surface area contributed by atoms with E-state index >= 15 is 0 Å². The Morgan fingerprint density at radius 1 is 1.47 bits per heavy atom. The number of carbonyl (C=O) groups excluding carboxylic acids is 1. The molecular formula is C12H17ClN4O2. The first-order valence-corrected chi connectivity index (χ1v) is 5.71. The third-order valence-electron chi connectivity index (χ3n) is 2.41. The lowest BCUT2D eigenvalue weighted by Gasteiger charge is -2.04. The molecule has 2 aromatic rings. The molecule has 0 aliphatic rings. The van der Waals surface area contributed by atoms with Crippen molar-refractivity contribution in [2.24, 2.45) is 7.05 Å². The van der Waals surface area contributed by atoms with E-state index in [1.54, 1.807) is 23.2 Å². The molecule has 0 saturated carbocycles. The van der Waals surface area contributed by atoms with Crippen LogP contribution in [0.15, 0.2) is 35.2 Å². The number of aromatic nitrogens is 2. The van der Waals surface area contributed by atoms with Gasteiger partial charge in [-0.1, -0.05) is 0 Å². The van der Waals surface area contributed by atoms with Gasteiger partial charge < -0.3 is 15.1 Å². The van der Waals surface area contributed by atoms with E-state index in [9.17, 15) is 4.79 Å². The molecule has 0 atom stereocenters. The van der Waals surface area contributed by atoms with Crippen LogP contribution in [-0.4, -0.2) is 22.2 Å². The minimum absolute atomic E-state index is 0. The van der Waals surface area contributed by atoms with Gasteiger partial charge in [0, 0.05) is 25.4 Å². The highest BCUT2D eigenvalue weighted by Crippen LogP contribution is 1.98. The number of hydrogen-bond acceptors (Lipinski definition) is 4. The van der Waals surface area contributed by atoms with Gasteiger partial charge in [0.25, 0.3) is 0 Å². The van der Waals surface area contributed by atoms with Crippen molar-refractivity contribution in [3.8, 4) is 0 Å². The maximum absolute atomic E-state index is 11.5. The number of amides is 1. The fourth-order valence-corrected chi connectivity index (χ4v) is 1.54. The maximum atomic E-state index is 11.5. The first kappa shape index (κ1) is 15.3. The smallest absolute Gasteiger partial charge is 0.234 e. The Hall–Kier alpha value is -1.79. The summed E-state index contributed by atoms with van der Waals surface area (Å²) in [5.74, 6) is 0.686. The van der Waals surface area contributed by atoms with Gasteiger partial charge in [-0.05, 0) is 12.1 Å². The van der Waals surface area contributed by atoms with Crippen LogP contribution in [0, 0.1) is 0 Å². The van der Waals surface area contributed by atoms with Gasteiger partial charge in [-0.3, -0.25) is 9.48 Å². The normalized spacial score (nSPS) is 9.95. The molecule has 0 aliphatic carbocycles. The zero-order valence-corrected chi connectivity index (χ0v) is 11.4. The van der Waals surface area contributed by atoms with Gasteiger partial charge in [0.15, 0.2) is 0 Å². The molecule has 2 rings (SSSR count). The van der Waals surface area contributed by atoms with Gasteiger partial charge >= 0.3 is 0 Å². The summed E-state index contributed by atoms with van der Waals surface area (Å²) >= 11 is 0. The van der Waals surface area contributed by atoms with E-state index in [0.717, 1.165) is 11.3 Å². The van der Waals surface area contributed by atoms with E-state index in [1.165, 1.54) is 0 Å². The highest BCUT2D eigenvalue weighted by atomic mass is 35.5. The van der Waals surface area contributed by atoms with E-state index < -0.39 is 0 Å². The molecule has 2 heterocycles. The summed E-state index contributed by atoms with van der Waals surface area (Å²) in [6, 6.07) is 3.62. The lowest BCUT2D eigenvalue weighted by atomic mass is 10.3. The Balaban J connectivity index is 0.00000180. The average molecular weight is 285 g/mol. The Morgan fingerprint density at radius 2 is 2.32 bits per heavy atom. The van der Waals surface area contributed by atoms with Gasteiger partial charge in [-0.2, -0.15) is 5.10 Å². The number of nitrogens with one attached hydrogen (secondary N) is 2. The van der Waals surface area contributed by atoms with Crippen LogP contribution in [0.25, 0.3) is 0 Å².